The molecule has 2 amide bonds. The molecule has 0 bridgehead atoms. The van der Waals surface area contributed by atoms with Crippen molar-refractivity contribution in [3.8, 4) is 0 Å². The molecular formula is C21H31N3O4S. The third-order valence-electron chi connectivity index (χ3n) is 5.00. The Morgan fingerprint density at radius 3 is 2.34 bits per heavy atom. The third kappa shape index (κ3) is 6.97. The van der Waals surface area contributed by atoms with Crippen molar-refractivity contribution in [2.75, 3.05) is 20.1 Å². The van der Waals surface area contributed by atoms with Crippen molar-refractivity contribution in [3.05, 3.63) is 41.3 Å². The standard InChI is InChI=1S/C21H31N3O4S/c1-16(2)15-19(21(26)22-3)23-20(25)18-9-12-24(13-10-18)29(27,28)14-11-17-7-5-4-6-8-17/h4-8,11,14,16,18-19H,9-10,12-13,15H2,1-3H3,(H,22,26)(H,23,25)/b14-11+. The number of piperidine rings is 1. The molecule has 1 aliphatic rings. The number of nitrogens with zero attached hydrogens (tertiary/aromatic N) is 1. The fraction of sp³-hybridized carbons (Fsp3) is 0.524. The molecule has 1 atom stereocenters. The summed E-state index contributed by atoms with van der Waals surface area (Å²) in [5.41, 5.74) is 0.815. The minimum absolute atomic E-state index is 0.184. The minimum atomic E-state index is -3.53. The van der Waals surface area contributed by atoms with E-state index in [1.54, 1.807) is 13.1 Å². The molecule has 1 unspecified atom stereocenters. The number of nitrogens with one attached hydrogen (secondary N) is 2. The fourth-order valence-electron chi connectivity index (χ4n) is 3.35. The van der Waals surface area contributed by atoms with Crippen molar-refractivity contribution in [1.82, 2.24) is 14.9 Å². The second-order valence-corrected chi connectivity index (χ2v) is 9.56. The van der Waals surface area contributed by atoms with Gasteiger partial charge in [-0.1, -0.05) is 44.2 Å². The number of hydrogen-bond donors (Lipinski definition) is 2. The van der Waals surface area contributed by atoms with Crippen LogP contribution in [-0.4, -0.2) is 50.7 Å². The highest BCUT2D eigenvalue weighted by atomic mass is 32.2. The number of benzene rings is 1. The van der Waals surface area contributed by atoms with Gasteiger partial charge < -0.3 is 10.6 Å². The summed E-state index contributed by atoms with van der Waals surface area (Å²) in [5, 5.41) is 6.64. The van der Waals surface area contributed by atoms with E-state index < -0.39 is 16.1 Å². The van der Waals surface area contributed by atoms with Gasteiger partial charge in [-0.15, -0.1) is 0 Å². The number of sulfonamides is 1. The van der Waals surface area contributed by atoms with Gasteiger partial charge in [0.1, 0.15) is 6.04 Å². The molecule has 7 nitrogen and oxygen atoms in total. The second kappa shape index (κ2) is 10.5. The Balaban J connectivity index is 1.92. The first-order chi connectivity index (χ1) is 13.7. The van der Waals surface area contributed by atoms with Crippen LogP contribution in [0.3, 0.4) is 0 Å². The molecular weight excluding hydrogens is 390 g/mol. The molecule has 8 heteroatoms. The molecule has 0 aliphatic carbocycles. The quantitative estimate of drug-likeness (QED) is 0.671. The lowest BCUT2D eigenvalue weighted by Gasteiger charge is -2.30. The smallest absolute Gasteiger partial charge is 0.242 e. The van der Waals surface area contributed by atoms with Crippen molar-refractivity contribution >= 4 is 27.9 Å². The molecule has 1 aromatic rings. The predicted octanol–water partition coefficient (Wildman–Crippen LogP) is 1.98. The Hall–Kier alpha value is -2.19. The third-order valence-corrected chi connectivity index (χ3v) is 6.57. The zero-order chi connectivity index (χ0) is 21.4. The Labute approximate surface area is 173 Å². The van der Waals surface area contributed by atoms with E-state index in [1.165, 1.54) is 9.71 Å². The summed E-state index contributed by atoms with van der Waals surface area (Å²) in [5.74, 6) is -0.422. The molecule has 1 heterocycles. The maximum atomic E-state index is 12.6. The van der Waals surface area contributed by atoms with Gasteiger partial charge in [-0.2, -0.15) is 4.31 Å². The summed E-state index contributed by atoms with van der Waals surface area (Å²) in [4.78, 5) is 24.6. The number of rotatable bonds is 8. The lowest BCUT2D eigenvalue weighted by Crippen LogP contribution is -2.50. The van der Waals surface area contributed by atoms with E-state index in [9.17, 15) is 18.0 Å². The molecule has 0 spiro atoms. The van der Waals surface area contributed by atoms with E-state index in [0.29, 0.717) is 19.3 Å². The van der Waals surface area contributed by atoms with Gasteiger partial charge in [-0.25, -0.2) is 8.42 Å². The van der Waals surface area contributed by atoms with Crippen LogP contribution in [0.25, 0.3) is 6.08 Å². The van der Waals surface area contributed by atoms with E-state index in [4.69, 9.17) is 0 Å². The van der Waals surface area contributed by atoms with Gasteiger partial charge in [0.15, 0.2) is 0 Å². The highest BCUT2D eigenvalue weighted by Crippen LogP contribution is 2.21. The number of likely N-dealkylation sites (N-methyl/N-ethyl adjacent to an activating group) is 1. The first kappa shape index (κ1) is 23.1. The highest BCUT2D eigenvalue weighted by Gasteiger charge is 2.31. The zero-order valence-electron chi connectivity index (χ0n) is 17.3. The number of carbonyl (C=O) groups is 2. The van der Waals surface area contributed by atoms with Crippen LogP contribution < -0.4 is 10.6 Å². The average Bonchev–Trinajstić information content (AvgIpc) is 2.71. The van der Waals surface area contributed by atoms with E-state index in [-0.39, 0.29) is 36.7 Å². The molecule has 1 saturated heterocycles. The summed E-state index contributed by atoms with van der Waals surface area (Å²) in [6, 6.07) is 8.68. The molecule has 0 aromatic heterocycles. The first-order valence-electron chi connectivity index (χ1n) is 9.98. The lowest BCUT2D eigenvalue weighted by molar-refractivity contribution is -0.132. The Morgan fingerprint density at radius 2 is 1.79 bits per heavy atom. The van der Waals surface area contributed by atoms with Crippen molar-refractivity contribution in [3.63, 3.8) is 0 Å². The molecule has 0 saturated carbocycles. The average molecular weight is 422 g/mol. The molecule has 1 aliphatic heterocycles. The number of hydrogen-bond acceptors (Lipinski definition) is 4. The SMILES string of the molecule is CNC(=O)C(CC(C)C)NC(=O)C1CCN(S(=O)(=O)/C=C/c2ccccc2)CC1. The monoisotopic (exact) mass is 421 g/mol. The van der Waals surface area contributed by atoms with Crippen LogP contribution >= 0.6 is 0 Å². The Kier molecular flexibility index (Phi) is 8.40. The maximum absolute atomic E-state index is 12.6. The van der Waals surface area contributed by atoms with E-state index in [0.717, 1.165) is 5.56 Å². The van der Waals surface area contributed by atoms with Crippen LogP contribution in [0.5, 0.6) is 0 Å². The highest BCUT2D eigenvalue weighted by molar-refractivity contribution is 7.92. The zero-order valence-corrected chi connectivity index (χ0v) is 18.1. The van der Waals surface area contributed by atoms with Gasteiger partial charge in [0, 0.05) is 31.5 Å². The Morgan fingerprint density at radius 1 is 1.17 bits per heavy atom. The summed E-state index contributed by atoms with van der Waals surface area (Å²) in [6.45, 7) is 4.56. The lowest BCUT2D eigenvalue weighted by atomic mass is 9.95. The fourth-order valence-corrected chi connectivity index (χ4v) is 4.57. The molecule has 1 aromatic carbocycles. The van der Waals surface area contributed by atoms with Gasteiger partial charge in [-0.3, -0.25) is 9.59 Å². The van der Waals surface area contributed by atoms with Crippen LogP contribution in [0.15, 0.2) is 35.7 Å². The van der Waals surface area contributed by atoms with Crippen molar-refractivity contribution in [2.45, 2.75) is 39.2 Å². The van der Waals surface area contributed by atoms with E-state index >= 15 is 0 Å². The van der Waals surface area contributed by atoms with Crippen LogP contribution in [-0.2, 0) is 19.6 Å². The van der Waals surface area contributed by atoms with E-state index in [1.807, 2.05) is 44.2 Å². The predicted molar refractivity (Wildman–Crippen MR) is 114 cm³/mol. The molecule has 1 fully saturated rings. The molecule has 2 N–H and O–H groups in total. The van der Waals surface area contributed by atoms with Crippen LogP contribution in [0, 0.1) is 11.8 Å². The van der Waals surface area contributed by atoms with Crippen LogP contribution in [0.2, 0.25) is 0 Å². The molecule has 29 heavy (non-hydrogen) atoms. The molecule has 2 rings (SSSR count). The first-order valence-corrected chi connectivity index (χ1v) is 11.5. The van der Waals surface area contributed by atoms with Crippen LogP contribution in [0.4, 0.5) is 0 Å². The van der Waals surface area contributed by atoms with E-state index in [2.05, 4.69) is 10.6 Å². The maximum Gasteiger partial charge on any atom is 0.242 e. The number of carbonyl (C=O) groups excluding carboxylic acids is 2. The Bertz CT molecular complexity index is 814. The van der Waals surface area contributed by atoms with Gasteiger partial charge in [0.25, 0.3) is 0 Å². The summed E-state index contributed by atoms with van der Waals surface area (Å²) in [6.07, 6.45) is 3.01. The second-order valence-electron chi connectivity index (χ2n) is 7.74. The van der Waals surface area contributed by atoms with Gasteiger partial charge in [-0.05, 0) is 36.8 Å². The minimum Gasteiger partial charge on any atom is -0.357 e. The largest absolute Gasteiger partial charge is 0.357 e. The van der Waals surface area contributed by atoms with Crippen molar-refractivity contribution in [2.24, 2.45) is 11.8 Å². The van der Waals surface area contributed by atoms with Crippen molar-refractivity contribution < 1.29 is 18.0 Å². The summed E-state index contributed by atoms with van der Waals surface area (Å²) in [7, 11) is -1.98. The molecule has 0 radical (unpaired) electrons. The van der Waals surface area contributed by atoms with Gasteiger partial charge in [0.05, 0.1) is 0 Å². The summed E-state index contributed by atoms with van der Waals surface area (Å²) < 4.78 is 26.5. The topological polar surface area (TPSA) is 95.6 Å². The molecule has 160 valence electrons. The summed E-state index contributed by atoms with van der Waals surface area (Å²) >= 11 is 0. The van der Waals surface area contributed by atoms with Crippen molar-refractivity contribution in [1.29, 1.82) is 0 Å². The normalized spacial score (nSPS) is 17.4. The van der Waals surface area contributed by atoms with Crippen LogP contribution in [0.1, 0.15) is 38.7 Å². The number of amides is 2. The van der Waals surface area contributed by atoms with Gasteiger partial charge >= 0.3 is 0 Å². The van der Waals surface area contributed by atoms with Gasteiger partial charge in [0.2, 0.25) is 21.8 Å².